The molecule has 2 aliphatic heterocycles. The van der Waals surface area contributed by atoms with Crippen LogP contribution in [0.25, 0.3) is 0 Å². The van der Waals surface area contributed by atoms with Gasteiger partial charge in [-0.25, -0.2) is 14.2 Å². The number of nitrogens with zero attached hydrogens (tertiary/aromatic N) is 2. The molecule has 2 fully saturated rings. The molecule has 4 nitrogen and oxygen atoms in total. The third kappa shape index (κ3) is 4.24. The van der Waals surface area contributed by atoms with E-state index < -0.39 is 0 Å². The second-order valence-electron chi connectivity index (χ2n) is 7.20. The lowest BCUT2D eigenvalue weighted by Crippen LogP contribution is -2.48. The number of nitrogens with one attached hydrogen (secondary N) is 2. The normalized spacial score (nSPS) is 23.7. The fourth-order valence-corrected chi connectivity index (χ4v) is 4.13. The van der Waals surface area contributed by atoms with Gasteiger partial charge in [-0.05, 0) is 35.9 Å². The Morgan fingerprint density at radius 2 is 1.74 bits per heavy atom. The van der Waals surface area contributed by atoms with Crippen molar-refractivity contribution in [3.8, 4) is 0 Å². The number of hydrogen-bond donors (Lipinski definition) is 2. The van der Waals surface area contributed by atoms with Gasteiger partial charge in [0.25, 0.3) is 0 Å². The summed E-state index contributed by atoms with van der Waals surface area (Å²) in [5, 5.41) is 0.419. The first kappa shape index (κ1) is 18.6. The van der Waals surface area contributed by atoms with Crippen molar-refractivity contribution in [1.29, 1.82) is 0 Å². The van der Waals surface area contributed by atoms with Gasteiger partial charge in [0.1, 0.15) is 11.6 Å². The smallest absolute Gasteiger partial charge is 0.147 e. The quantitative estimate of drug-likeness (QED) is 0.836. The van der Waals surface area contributed by atoms with Crippen LogP contribution >= 0.6 is 11.6 Å². The fraction of sp³-hybridized carbons (Fsp3) is 0.400. The average Bonchev–Trinajstić information content (AvgIpc) is 3.11. The zero-order chi connectivity index (χ0) is 18.8. The molecule has 0 spiro atoms. The first-order chi connectivity index (χ1) is 13.1. The molecule has 2 aromatic carbocycles. The predicted molar refractivity (Wildman–Crippen MR) is 104 cm³/mol. The van der Waals surface area contributed by atoms with Crippen LogP contribution in [-0.2, 0) is 0 Å². The monoisotopic (exact) mass is 392 g/mol. The molecular formula is C20H23ClF2N4. The van der Waals surface area contributed by atoms with Gasteiger partial charge >= 0.3 is 0 Å². The SMILES string of the molecule is Fc1ccc(C2NNCC2CN2CCN(c3ccc(Cl)cc3F)CC2)cc1. The highest BCUT2D eigenvalue weighted by Gasteiger charge is 2.31. The second kappa shape index (κ2) is 8.10. The zero-order valence-corrected chi connectivity index (χ0v) is 15.7. The summed E-state index contributed by atoms with van der Waals surface area (Å²) in [4.78, 5) is 4.49. The fourth-order valence-electron chi connectivity index (χ4n) is 3.97. The Balaban J connectivity index is 1.35. The number of anilines is 1. The molecule has 0 aromatic heterocycles. The maximum absolute atomic E-state index is 14.1. The summed E-state index contributed by atoms with van der Waals surface area (Å²) >= 11 is 5.85. The minimum absolute atomic E-state index is 0.164. The van der Waals surface area contributed by atoms with Crippen molar-refractivity contribution >= 4 is 17.3 Å². The lowest BCUT2D eigenvalue weighted by Gasteiger charge is -2.37. The van der Waals surface area contributed by atoms with Gasteiger partial charge in [-0.3, -0.25) is 10.3 Å². The molecule has 27 heavy (non-hydrogen) atoms. The number of benzene rings is 2. The predicted octanol–water partition coefficient (Wildman–Crippen LogP) is 3.21. The highest BCUT2D eigenvalue weighted by molar-refractivity contribution is 6.30. The molecule has 4 rings (SSSR count). The van der Waals surface area contributed by atoms with Crippen LogP contribution in [0.15, 0.2) is 42.5 Å². The highest BCUT2D eigenvalue weighted by atomic mass is 35.5. The van der Waals surface area contributed by atoms with E-state index in [1.165, 1.54) is 18.2 Å². The molecule has 144 valence electrons. The Morgan fingerprint density at radius 3 is 2.44 bits per heavy atom. The van der Waals surface area contributed by atoms with Crippen molar-refractivity contribution in [2.75, 3.05) is 44.2 Å². The second-order valence-corrected chi connectivity index (χ2v) is 7.63. The Morgan fingerprint density at radius 1 is 1.00 bits per heavy atom. The highest BCUT2D eigenvalue weighted by Crippen LogP contribution is 2.27. The van der Waals surface area contributed by atoms with Gasteiger partial charge in [0, 0.05) is 50.2 Å². The van der Waals surface area contributed by atoms with Crippen LogP contribution in [0.2, 0.25) is 5.02 Å². The van der Waals surface area contributed by atoms with Crippen molar-refractivity contribution in [2.24, 2.45) is 5.92 Å². The summed E-state index contributed by atoms with van der Waals surface area (Å²) in [7, 11) is 0. The molecule has 0 bridgehead atoms. The van der Waals surface area contributed by atoms with Crippen LogP contribution < -0.4 is 15.8 Å². The molecule has 2 unspecified atom stereocenters. The van der Waals surface area contributed by atoms with Crippen LogP contribution in [-0.4, -0.2) is 44.2 Å². The minimum Gasteiger partial charge on any atom is -0.367 e. The first-order valence-corrected chi connectivity index (χ1v) is 9.64. The van der Waals surface area contributed by atoms with E-state index in [1.54, 1.807) is 12.1 Å². The maximum Gasteiger partial charge on any atom is 0.147 e. The van der Waals surface area contributed by atoms with E-state index in [4.69, 9.17) is 11.6 Å². The largest absolute Gasteiger partial charge is 0.367 e. The van der Waals surface area contributed by atoms with Gasteiger partial charge in [0.05, 0.1) is 11.7 Å². The van der Waals surface area contributed by atoms with Gasteiger partial charge in [0.2, 0.25) is 0 Å². The molecular weight excluding hydrogens is 370 g/mol. The first-order valence-electron chi connectivity index (χ1n) is 9.26. The lowest BCUT2D eigenvalue weighted by molar-refractivity contribution is 0.214. The summed E-state index contributed by atoms with van der Waals surface area (Å²) in [5.74, 6) is -0.0856. The molecule has 0 radical (unpaired) electrons. The molecule has 0 saturated carbocycles. The summed E-state index contributed by atoms with van der Waals surface area (Å²) < 4.78 is 27.3. The number of hydrogen-bond acceptors (Lipinski definition) is 4. The van der Waals surface area contributed by atoms with E-state index in [0.717, 1.165) is 44.8 Å². The maximum atomic E-state index is 14.1. The molecule has 2 N–H and O–H groups in total. The zero-order valence-electron chi connectivity index (χ0n) is 15.0. The van der Waals surface area contributed by atoms with Crippen LogP contribution in [0, 0.1) is 17.6 Å². The molecule has 2 saturated heterocycles. The molecule has 2 atom stereocenters. The molecule has 7 heteroatoms. The van der Waals surface area contributed by atoms with Crippen LogP contribution in [0.5, 0.6) is 0 Å². The van der Waals surface area contributed by atoms with E-state index in [-0.39, 0.29) is 17.7 Å². The summed E-state index contributed by atoms with van der Waals surface area (Å²) in [5.41, 5.74) is 8.25. The van der Waals surface area contributed by atoms with Gasteiger partial charge in [0.15, 0.2) is 0 Å². The minimum atomic E-state index is -0.267. The Labute approximate surface area is 163 Å². The van der Waals surface area contributed by atoms with E-state index in [2.05, 4.69) is 20.7 Å². The molecule has 2 aliphatic rings. The molecule has 2 aromatic rings. The third-order valence-corrected chi connectivity index (χ3v) is 5.67. The van der Waals surface area contributed by atoms with Crippen LogP contribution in [0.1, 0.15) is 11.6 Å². The van der Waals surface area contributed by atoms with Crippen molar-refractivity contribution in [2.45, 2.75) is 6.04 Å². The van der Waals surface area contributed by atoms with Crippen LogP contribution in [0.4, 0.5) is 14.5 Å². The molecule has 2 heterocycles. The number of piperazine rings is 1. The van der Waals surface area contributed by atoms with Crippen molar-refractivity contribution in [3.63, 3.8) is 0 Å². The van der Waals surface area contributed by atoms with Gasteiger partial charge < -0.3 is 4.90 Å². The van der Waals surface area contributed by atoms with E-state index >= 15 is 0 Å². The Bertz CT molecular complexity index is 778. The Hall–Kier alpha value is -1.73. The van der Waals surface area contributed by atoms with E-state index in [1.807, 2.05) is 12.1 Å². The van der Waals surface area contributed by atoms with Crippen molar-refractivity contribution < 1.29 is 8.78 Å². The number of hydrazine groups is 1. The van der Waals surface area contributed by atoms with Gasteiger partial charge in [-0.15, -0.1) is 0 Å². The standard InChI is InChI=1S/C20H23ClF2N4/c21-16-3-6-19(18(23)11-16)27-9-7-26(8-10-27)13-15-12-24-25-20(15)14-1-4-17(22)5-2-14/h1-6,11,15,20,24-25H,7-10,12-13H2. The van der Waals surface area contributed by atoms with Crippen molar-refractivity contribution in [3.05, 3.63) is 64.7 Å². The summed E-state index contributed by atoms with van der Waals surface area (Å²) in [6.07, 6.45) is 0. The molecule has 0 amide bonds. The van der Waals surface area contributed by atoms with E-state index in [0.29, 0.717) is 16.6 Å². The van der Waals surface area contributed by atoms with Gasteiger partial charge in [-0.2, -0.15) is 0 Å². The Kier molecular flexibility index (Phi) is 5.59. The topological polar surface area (TPSA) is 30.5 Å². The number of halogens is 3. The summed E-state index contributed by atoms with van der Waals surface area (Å²) in [6.45, 7) is 5.15. The van der Waals surface area contributed by atoms with Gasteiger partial charge in [-0.1, -0.05) is 23.7 Å². The van der Waals surface area contributed by atoms with Crippen molar-refractivity contribution in [1.82, 2.24) is 15.8 Å². The third-order valence-electron chi connectivity index (χ3n) is 5.44. The molecule has 0 aliphatic carbocycles. The van der Waals surface area contributed by atoms with Crippen LogP contribution in [0.3, 0.4) is 0 Å². The average molecular weight is 393 g/mol. The van der Waals surface area contributed by atoms with E-state index in [9.17, 15) is 8.78 Å². The lowest BCUT2D eigenvalue weighted by atomic mass is 9.94. The number of rotatable bonds is 4. The summed E-state index contributed by atoms with van der Waals surface area (Å²) in [6, 6.07) is 11.7.